The Morgan fingerprint density at radius 2 is 2.04 bits per heavy atom. The summed E-state index contributed by atoms with van der Waals surface area (Å²) in [4.78, 5) is 17.4. The van der Waals surface area contributed by atoms with Crippen LogP contribution in [0.4, 0.5) is 11.4 Å². The summed E-state index contributed by atoms with van der Waals surface area (Å²) in [5.74, 6) is 0.183. The molecule has 0 atom stereocenters. The van der Waals surface area contributed by atoms with E-state index in [1.807, 2.05) is 19.1 Å². The number of nitrogens with one attached hydrogen (secondary N) is 1. The number of hydrogen-bond donors (Lipinski definition) is 1. The maximum atomic E-state index is 11.3. The average molecular weight is 392 g/mol. The summed E-state index contributed by atoms with van der Waals surface area (Å²) in [6.07, 6.45) is 3.04. The molecule has 0 aliphatic carbocycles. The lowest BCUT2D eigenvalue weighted by molar-refractivity contribution is -0.383. The summed E-state index contributed by atoms with van der Waals surface area (Å²) < 4.78 is 22.6. The predicted octanol–water partition coefficient (Wildman–Crippen LogP) is 2.37. The minimum atomic E-state index is -2.95. The van der Waals surface area contributed by atoms with E-state index in [0.717, 1.165) is 42.7 Å². The van der Waals surface area contributed by atoms with E-state index in [9.17, 15) is 18.5 Å². The van der Waals surface area contributed by atoms with Crippen molar-refractivity contribution in [3.05, 3.63) is 40.1 Å². The monoisotopic (exact) mass is 392 g/mol. The summed E-state index contributed by atoms with van der Waals surface area (Å²) in [7, 11) is -2.95. The van der Waals surface area contributed by atoms with E-state index in [0.29, 0.717) is 12.1 Å². The molecule has 1 aliphatic heterocycles. The molecule has 0 amide bonds. The highest BCUT2D eigenvalue weighted by molar-refractivity contribution is 7.90. The van der Waals surface area contributed by atoms with Crippen LogP contribution in [0, 0.1) is 17.0 Å². The average Bonchev–Trinajstić information content (AvgIpc) is 2.59. The summed E-state index contributed by atoms with van der Waals surface area (Å²) in [5.41, 5.74) is 1.99. The molecule has 1 fully saturated rings. The number of nitrogens with zero attached hydrogens (tertiary/aromatic N) is 3. The van der Waals surface area contributed by atoms with Gasteiger partial charge >= 0.3 is 0 Å². The molecular formula is C18H24N4O4S. The van der Waals surface area contributed by atoms with Crippen molar-refractivity contribution >= 4 is 32.1 Å². The molecule has 1 N–H and O–H groups in total. The Morgan fingerprint density at radius 3 is 2.67 bits per heavy atom. The summed E-state index contributed by atoms with van der Waals surface area (Å²) >= 11 is 0. The first-order valence-electron chi connectivity index (χ1n) is 8.94. The maximum Gasteiger partial charge on any atom is 0.295 e. The number of benzene rings is 1. The molecule has 9 heteroatoms. The largest absolute Gasteiger partial charge is 0.382 e. The van der Waals surface area contributed by atoms with E-state index in [1.54, 1.807) is 6.07 Å². The van der Waals surface area contributed by atoms with Gasteiger partial charge in [0.05, 0.1) is 10.7 Å². The fourth-order valence-corrected chi connectivity index (χ4v) is 4.03. The molecule has 0 unspecified atom stereocenters. The lowest BCUT2D eigenvalue weighted by Gasteiger charge is -2.32. The van der Waals surface area contributed by atoms with Crippen molar-refractivity contribution in [1.82, 2.24) is 9.88 Å². The Hall–Kier alpha value is -2.26. The van der Waals surface area contributed by atoms with Gasteiger partial charge in [-0.15, -0.1) is 0 Å². The van der Waals surface area contributed by atoms with Crippen LogP contribution in [0.3, 0.4) is 0 Å². The van der Waals surface area contributed by atoms with E-state index in [2.05, 4.69) is 15.2 Å². The number of nitro groups is 1. The number of non-ortho nitro benzene ring substituents is 1. The molecule has 1 aromatic heterocycles. The molecule has 1 aromatic carbocycles. The van der Waals surface area contributed by atoms with Crippen molar-refractivity contribution < 1.29 is 13.3 Å². The lowest BCUT2D eigenvalue weighted by Crippen LogP contribution is -2.41. The quantitative estimate of drug-likeness (QED) is 0.594. The molecule has 8 nitrogen and oxygen atoms in total. The predicted molar refractivity (Wildman–Crippen MR) is 106 cm³/mol. The number of hydrogen-bond acceptors (Lipinski definition) is 7. The third-order valence-corrected chi connectivity index (χ3v) is 5.79. The van der Waals surface area contributed by atoms with Crippen molar-refractivity contribution in [3.63, 3.8) is 0 Å². The number of para-hydroxylation sites is 1. The number of fused-ring (bicyclic) bond motifs is 1. The highest BCUT2D eigenvalue weighted by atomic mass is 32.2. The third-order valence-electron chi connectivity index (χ3n) is 4.87. The summed E-state index contributed by atoms with van der Waals surface area (Å²) in [6.45, 7) is 4.05. The molecule has 1 aliphatic rings. The van der Waals surface area contributed by atoms with Gasteiger partial charge in [0.25, 0.3) is 5.69 Å². The molecule has 146 valence electrons. The van der Waals surface area contributed by atoms with Crippen LogP contribution in [0.15, 0.2) is 24.3 Å². The van der Waals surface area contributed by atoms with Gasteiger partial charge in [-0.05, 0) is 25.8 Å². The van der Waals surface area contributed by atoms with Crippen molar-refractivity contribution in [3.8, 4) is 0 Å². The zero-order valence-electron chi connectivity index (χ0n) is 15.5. The number of piperidine rings is 1. The van der Waals surface area contributed by atoms with Gasteiger partial charge in [0.1, 0.15) is 9.84 Å². The first kappa shape index (κ1) is 19.5. The van der Waals surface area contributed by atoms with Gasteiger partial charge in [0.2, 0.25) is 0 Å². The molecule has 3 rings (SSSR count). The van der Waals surface area contributed by atoms with E-state index < -0.39 is 14.8 Å². The molecule has 0 spiro atoms. The number of rotatable bonds is 6. The van der Waals surface area contributed by atoms with Gasteiger partial charge in [0, 0.05) is 54.8 Å². The summed E-state index contributed by atoms with van der Waals surface area (Å²) in [6, 6.07) is 7.15. The second-order valence-electron chi connectivity index (χ2n) is 7.13. The Balaban J connectivity index is 1.73. The van der Waals surface area contributed by atoms with E-state index in [1.165, 1.54) is 12.3 Å². The maximum absolute atomic E-state index is 11.3. The Kier molecular flexibility index (Phi) is 5.61. The Morgan fingerprint density at radius 1 is 1.33 bits per heavy atom. The zero-order valence-corrected chi connectivity index (χ0v) is 16.3. The number of pyridine rings is 1. The van der Waals surface area contributed by atoms with Crippen LogP contribution < -0.4 is 5.32 Å². The molecule has 1 saturated heterocycles. The molecular weight excluding hydrogens is 368 g/mol. The molecule has 0 saturated carbocycles. The van der Waals surface area contributed by atoms with Gasteiger partial charge in [0.15, 0.2) is 5.52 Å². The van der Waals surface area contributed by atoms with Gasteiger partial charge < -0.3 is 10.2 Å². The zero-order chi connectivity index (χ0) is 19.6. The number of anilines is 1. The highest BCUT2D eigenvalue weighted by Crippen LogP contribution is 2.31. The van der Waals surface area contributed by atoms with Crippen LogP contribution in [0.2, 0.25) is 0 Å². The van der Waals surface area contributed by atoms with Gasteiger partial charge in [-0.3, -0.25) is 10.1 Å². The number of aromatic nitrogens is 1. The van der Waals surface area contributed by atoms with Crippen LogP contribution in [0.25, 0.3) is 10.9 Å². The van der Waals surface area contributed by atoms with E-state index in [-0.39, 0.29) is 17.5 Å². The van der Waals surface area contributed by atoms with Crippen molar-refractivity contribution in [1.29, 1.82) is 0 Å². The van der Waals surface area contributed by atoms with Gasteiger partial charge in [-0.1, -0.05) is 12.1 Å². The third kappa shape index (κ3) is 4.92. The molecule has 27 heavy (non-hydrogen) atoms. The van der Waals surface area contributed by atoms with Gasteiger partial charge in [-0.2, -0.15) is 0 Å². The smallest absolute Gasteiger partial charge is 0.295 e. The molecule has 2 heterocycles. The SMILES string of the molecule is Cc1cc(NC2CCN(CCS(C)(=O)=O)CC2)c2cccc([N+](=O)[O-])c2n1. The van der Waals surface area contributed by atoms with Crippen molar-refractivity contribution in [2.24, 2.45) is 0 Å². The van der Waals surface area contributed by atoms with E-state index in [4.69, 9.17) is 0 Å². The second kappa shape index (κ2) is 7.77. The number of sulfone groups is 1. The topological polar surface area (TPSA) is 105 Å². The van der Waals surface area contributed by atoms with Crippen molar-refractivity contribution in [2.75, 3.05) is 37.0 Å². The first-order chi connectivity index (χ1) is 12.7. The normalized spacial score (nSPS) is 16.5. The number of aryl methyl sites for hydroxylation is 1. The standard InChI is InChI=1S/C18H24N4O4S/c1-13-12-16(15-4-3-5-17(22(23)24)18(15)19-13)20-14-6-8-21(9-7-14)10-11-27(2,25)26/h3-5,12,14H,6-11H2,1-2H3,(H,19,20). The van der Waals surface area contributed by atoms with Crippen molar-refractivity contribution in [2.45, 2.75) is 25.8 Å². The molecule has 0 bridgehead atoms. The van der Waals surface area contributed by atoms with Crippen LogP contribution in [-0.4, -0.2) is 60.9 Å². The Labute approximate surface area is 158 Å². The van der Waals surface area contributed by atoms with Gasteiger partial charge in [-0.25, -0.2) is 13.4 Å². The minimum absolute atomic E-state index is 0.00912. The lowest BCUT2D eigenvalue weighted by atomic mass is 10.0. The van der Waals surface area contributed by atoms with E-state index >= 15 is 0 Å². The van der Waals surface area contributed by atoms with Crippen LogP contribution in [0.1, 0.15) is 18.5 Å². The van der Waals surface area contributed by atoms with Crippen LogP contribution in [0.5, 0.6) is 0 Å². The fourth-order valence-electron chi connectivity index (χ4n) is 3.44. The van der Waals surface area contributed by atoms with Crippen LogP contribution in [-0.2, 0) is 9.84 Å². The second-order valence-corrected chi connectivity index (χ2v) is 9.39. The highest BCUT2D eigenvalue weighted by Gasteiger charge is 2.22. The molecule has 2 aromatic rings. The number of nitro benzene ring substituents is 1. The minimum Gasteiger partial charge on any atom is -0.382 e. The fraction of sp³-hybridized carbons (Fsp3) is 0.500. The molecule has 0 radical (unpaired) electrons. The Bertz CT molecular complexity index is 953. The first-order valence-corrected chi connectivity index (χ1v) is 11.0. The van der Waals surface area contributed by atoms with Crippen LogP contribution >= 0.6 is 0 Å². The summed E-state index contributed by atoms with van der Waals surface area (Å²) in [5, 5.41) is 15.6. The number of likely N-dealkylation sites (tertiary alicyclic amines) is 1.